The minimum absolute atomic E-state index is 0.0764. The third-order valence-electron chi connectivity index (χ3n) is 5.40. The van der Waals surface area contributed by atoms with Gasteiger partial charge in [0.25, 0.3) is 0 Å². The van der Waals surface area contributed by atoms with E-state index < -0.39 is 0 Å². The van der Waals surface area contributed by atoms with E-state index in [9.17, 15) is 0 Å². The van der Waals surface area contributed by atoms with Crippen molar-refractivity contribution >= 4 is 0 Å². The van der Waals surface area contributed by atoms with Crippen molar-refractivity contribution in [3.8, 4) is 17.2 Å². The molecule has 2 N–H and O–H groups in total. The molecule has 35 heavy (non-hydrogen) atoms. The fourth-order valence-electron chi connectivity index (χ4n) is 3.60. The Morgan fingerprint density at radius 3 is 1.40 bits per heavy atom. The molecule has 0 heterocycles. The lowest BCUT2D eigenvalue weighted by Crippen LogP contribution is -2.17. The lowest BCUT2D eigenvalue weighted by Gasteiger charge is -2.19. The SMILES string of the molecule is OCCNCc1cc(OCc2ccccc2)c(OCc2ccccc2)c(OCc2ccccc2)c1. The Hall–Kier alpha value is -3.80. The van der Waals surface area contributed by atoms with E-state index in [0.717, 1.165) is 22.3 Å². The van der Waals surface area contributed by atoms with Gasteiger partial charge in [0.2, 0.25) is 5.75 Å². The molecular formula is C30H31NO4. The lowest BCUT2D eigenvalue weighted by molar-refractivity contribution is 0.229. The summed E-state index contributed by atoms with van der Waals surface area (Å²) in [6.07, 6.45) is 0. The zero-order valence-corrected chi connectivity index (χ0v) is 19.7. The first-order valence-electron chi connectivity index (χ1n) is 11.8. The van der Waals surface area contributed by atoms with Crippen molar-refractivity contribution < 1.29 is 19.3 Å². The van der Waals surface area contributed by atoms with E-state index in [1.165, 1.54) is 0 Å². The number of hydrogen-bond donors (Lipinski definition) is 2. The summed E-state index contributed by atoms with van der Waals surface area (Å²) in [6.45, 7) is 2.37. The van der Waals surface area contributed by atoms with Gasteiger partial charge < -0.3 is 24.6 Å². The molecule has 0 unspecified atom stereocenters. The fraction of sp³-hybridized carbons (Fsp3) is 0.200. The van der Waals surface area contributed by atoms with Crippen LogP contribution in [0.15, 0.2) is 103 Å². The second kappa shape index (κ2) is 13.2. The first-order valence-corrected chi connectivity index (χ1v) is 11.8. The molecule has 0 aliphatic heterocycles. The number of hydrogen-bond acceptors (Lipinski definition) is 5. The van der Waals surface area contributed by atoms with Crippen molar-refractivity contribution in [1.29, 1.82) is 0 Å². The van der Waals surface area contributed by atoms with E-state index in [-0.39, 0.29) is 6.61 Å². The van der Waals surface area contributed by atoms with Crippen molar-refractivity contribution in [3.05, 3.63) is 125 Å². The minimum atomic E-state index is 0.0764. The molecular weight excluding hydrogens is 438 g/mol. The standard InChI is InChI=1S/C30H31NO4/c32-17-16-31-20-27-18-28(33-21-24-10-4-1-5-11-24)30(35-23-26-14-8-3-9-15-26)29(19-27)34-22-25-12-6-2-7-13-25/h1-15,18-19,31-32H,16-17,20-23H2. The number of aliphatic hydroxyl groups excluding tert-OH is 1. The summed E-state index contributed by atoms with van der Waals surface area (Å²) in [6, 6.07) is 34.1. The van der Waals surface area contributed by atoms with Crippen LogP contribution in [0.25, 0.3) is 0 Å². The van der Waals surface area contributed by atoms with Gasteiger partial charge in [-0.2, -0.15) is 0 Å². The highest BCUT2D eigenvalue weighted by Gasteiger charge is 2.17. The Morgan fingerprint density at radius 2 is 0.971 bits per heavy atom. The maximum Gasteiger partial charge on any atom is 0.203 e. The van der Waals surface area contributed by atoms with Gasteiger partial charge in [-0.3, -0.25) is 0 Å². The predicted octanol–water partition coefficient (Wildman–Crippen LogP) is 5.51. The van der Waals surface area contributed by atoms with Crippen molar-refractivity contribution in [1.82, 2.24) is 5.32 Å². The molecule has 180 valence electrons. The van der Waals surface area contributed by atoms with E-state index in [1.54, 1.807) is 0 Å². The Labute approximate surface area is 206 Å². The molecule has 0 amide bonds. The maximum atomic E-state index is 9.16. The van der Waals surface area contributed by atoms with Crippen LogP contribution in [-0.4, -0.2) is 18.3 Å². The van der Waals surface area contributed by atoms with Gasteiger partial charge in [-0.1, -0.05) is 91.0 Å². The molecule has 5 nitrogen and oxygen atoms in total. The zero-order valence-electron chi connectivity index (χ0n) is 19.7. The molecule has 4 rings (SSSR count). The van der Waals surface area contributed by atoms with Gasteiger partial charge in [0.05, 0.1) is 6.61 Å². The maximum absolute atomic E-state index is 9.16. The molecule has 0 spiro atoms. The molecule has 0 saturated carbocycles. The highest BCUT2D eigenvalue weighted by molar-refractivity contribution is 5.54. The summed E-state index contributed by atoms with van der Waals surface area (Å²) in [4.78, 5) is 0. The van der Waals surface area contributed by atoms with Crippen LogP contribution in [0.4, 0.5) is 0 Å². The molecule has 0 radical (unpaired) electrons. The van der Waals surface area contributed by atoms with Gasteiger partial charge >= 0.3 is 0 Å². The van der Waals surface area contributed by atoms with E-state index >= 15 is 0 Å². The van der Waals surface area contributed by atoms with Gasteiger partial charge in [0.1, 0.15) is 19.8 Å². The predicted molar refractivity (Wildman–Crippen MR) is 138 cm³/mol. The molecule has 0 bridgehead atoms. The topological polar surface area (TPSA) is 60.0 Å². The van der Waals surface area contributed by atoms with Crippen molar-refractivity contribution in [3.63, 3.8) is 0 Å². The monoisotopic (exact) mass is 469 g/mol. The first-order chi connectivity index (χ1) is 17.3. The number of rotatable bonds is 13. The quantitative estimate of drug-likeness (QED) is 0.253. The van der Waals surface area contributed by atoms with Gasteiger partial charge in [-0.25, -0.2) is 0 Å². The normalized spacial score (nSPS) is 10.7. The Balaban J connectivity index is 1.63. The summed E-state index contributed by atoms with van der Waals surface area (Å²) >= 11 is 0. The summed E-state index contributed by atoms with van der Waals surface area (Å²) < 4.78 is 18.8. The minimum Gasteiger partial charge on any atom is -0.485 e. The Kier molecular flexibility index (Phi) is 9.16. The summed E-state index contributed by atoms with van der Waals surface area (Å²) in [5.74, 6) is 1.82. The Bertz CT molecular complexity index is 1090. The number of ether oxygens (including phenoxy) is 3. The van der Waals surface area contributed by atoms with E-state index in [2.05, 4.69) is 5.32 Å². The number of nitrogens with one attached hydrogen (secondary N) is 1. The molecule has 5 heteroatoms. The van der Waals surface area contributed by atoms with Gasteiger partial charge in [0, 0.05) is 13.1 Å². The third kappa shape index (κ3) is 7.60. The molecule has 0 aliphatic carbocycles. The van der Waals surface area contributed by atoms with E-state index in [0.29, 0.717) is 50.2 Å². The first kappa shape index (κ1) is 24.3. The van der Waals surface area contributed by atoms with Crippen LogP contribution in [-0.2, 0) is 26.4 Å². The third-order valence-corrected chi connectivity index (χ3v) is 5.40. The zero-order chi connectivity index (χ0) is 24.1. The van der Waals surface area contributed by atoms with Crippen LogP contribution in [0.2, 0.25) is 0 Å². The average molecular weight is 470 g/mol. The summed E-state index contributed by atoms with van der Waals surface area (Å²) in [7, 11) is 0. The van der Waals surface area contributed by atoms with Crippen molar-refractivity contribution in [2.75, 3.05) is 13.2 Å². The molecule has 4 aromatic carbocycles. The lowest BCUT2D eigenvalue weighted by atomic mass is 10.1. The summed E-state index contributed by atoms with van der Waals surface area (Å²) in [5, 5.41) is 12.4. The van der Waals surface area contributed by atoms with Crippen LogP contribution in [0.3, 0.4) is 0 Å². The second-order valence-electron chi connectivity index (χ2n) is 8.14. The van der Waals surface area contributed by atoms with Crippen LogP contribution in [0, 0.1) is 0 Å². The molecule has 0 aliphatic rings. The van der Waals surface area contributed by atoms with Gasteiger partial charge in [0.15, 0.2) is 11.5 Å². The Morgan fingerprint density at radius 1 is 0.543 bits per heavy atom. The molecule has 0 fully saturated rings. The fourth-order valence-corrected chi connectivity index (χ4v) is 3.60. The van der Waals surface area contributed by atoms with E-state index in [4.69, 9.17) is 19.3 Å². The van der Waals surface area contributed by atoms with Crippen molar-refractivity contribution in [2.24, 2.45) is 0 Å². The summed E-state index contributed by atoms with van der Waals surface area (Å²) in [5.41, 5.74) is 4.18. The van der Waals surface area contributed by atoms with Gasteiger partial charge in [-0.05, 0) is 34.4 Å². The van der Waals surface area contributed by atoms with Crippen molar-refractivity contribution in [2.45, 2.75) is 26.4 Å². The molecule has 0 atom stereocenters. The average Bonchev–Trinajstić information content (AvgIpc) is 2.92. The second-order valence-corrected chi connectivity index (χ2v) is 8.14. The number of aliphatic hydroxyl groups is 1. The highest BCUT2D eigenvalue weighted by Crippen LogP contribution is 2.40. The van der Waals surface area contributed by atoms with Crippen LogP contribution >= 0.6 is 0 Å². The van der Waals surface area contributed by atoms with Gasteiger partial charge in [-0.15, -0.1) is 0 Å². The number of benzene rings is 4. The van der Waals surface area contributed by atoms with Crippen LogP contribution in [0.1, 0.15) is 22.3 Å². The molecule has 0 aromatic heterocycles. The molecule has 0 saturated heterocycles. The van der Waals surface area contributed by atoms with Crippen LogP contribution < -0.4 is 19.5 Å². The van der Waals surface area contributed by atoms with E-state index in [1.807, 2.05) is 103 Å². The largest absolute Gasteiger partial charge is 0.485 e. The molecule has 4 aromatic rings. The highest BCUT2D eigenvalue weighted by atomic mass is 16.5. The van der Waals surface area contributed by atoms with Crippen LogP contribution in [0.5, 0.6) is 17.2 Å². The smallest absolute Gasteiger partial charge is 0.203 e.